The van der Waals surface area contributed by atoms with Crippen LogP contribution in [-0.2, 0) is 4.79 Å². The monoisotopic (exact) mass is 240 g/mol. The topological polar surface area (TPSA) is 109 Å². The quantitative estimate of drug-likeness (QED) is 0.595. The van der Waals surface area contributed by atoms with Crippen LogP contribution in [0.2, 0.25) is 0 Å². The van der Waals surface area contributed by atoms with E-state index in [2.05, 4.69) is 9.97 Å². The minimum atomic E-state index is -1.01. The molecule has 0 saturated carbocycles. The Morgan fingerprint density at radius 2 is 2.06 bits per heavy atom. The van der Waals surface area contributed by atoms with Crippen LogP contribution >= 0.6 is 0 Å². The number of nitro groups is 1. The van der Waals surface area contributed by atoms with Gasteiger partial charge in [0.25, 0.3) is 0 Å². The highest BCUT2D eigenvalue weighted by Crippen LogP contribution is 2.13. The minimum Gasteiger partial charge on any atom is -0.480 e. The zero-order chi connectivity index (χ0) is 13.0. The van der Waals surface area contributed by atoms with Gasteiger partial charge in [0.2, 0.25) is 5.95 Å². The van der Waals surface area contributed by atoms with Crippen molar-refractivity contribution >= 4 is 17.6 Å². The van der Waals surface area contributed by atoms with Gasteiger partial charge in [-0.05, 0) is 13.8 Å². The summed E-state index contributed by atoms with van der Waals surface area (Å²) in [6.45, 7) is 3.32. The van der Waals surface area contributed by atoms with E-state index in [1.54, 1.807) is 13.8 Å². The second kappa shape index (κ2) is 5.19. The zero-order valence-corrected chi connectivity index (χ0v) is 9.40. The maximum Gasteiger partial charge on any atom is 0.323 e. The van der Waals surface area contributed by atoms with E-state index in [1.165, 1.54) is 4.90 Å². The number of rotatable bonds is 5. The molecule has 1 heterocycles. The van der Waals surface area contributed by atoms with E-state index in [9.17, 15) is 14.9 Å². The summed E-state index contributed by atoms with van der Waals surface area (Å²) in [6.07, 6.45) is 2.11. The van der Waals surface area contributed by atoms with Gasteiger partial charge in [-0.1, -0.05) is 0 Å². The predicted molar refractivity (Wildman–Crippen MR) is 58.8 cm³/mol. The Labute approximate surface area is 97.1 Å². The number of nitrogens with zero attached hydrogens (tertiary/aromatic N) is 4. The van der Waals surface area contributed by atoms with Crippen LogP contribution in [0.15, 0.2) is 12.4 Å². The molecule has 1 N–H and O–H groups in total. The second-order valence-corrected chi connectivity index (χ2v) is 3.61. The summed E-state index contributed by atoms with van der Waals surface area (Å²) >= 11 is 0. The molecule has 0 fully saturated rings. The van der Waals surface area contributed by atoms with Crippen LogP contribution in [0.25, 0.3) is 0 Å². The summed E-state index contributed by atoms with van der Waals surface area (Å²) in [5.41, 5.74) is -0.229. The van der Waals surface area contributed by atoms with E-state index in [-0.39, 0.29) is 24.2 Å². The summed E-state index contributed by atoms with van der Waals surface area (Å²) < 4.78 is 0. The van der Waals surface area contributed by atoms with Gasteiger partial charge in [-0.2, -0.15) is 0 Å². The molecule has 0 atom stereocenters. The van der Waals surface area contributed by atoms with Gasteiger partial charge in [0.1, 0.15) is 18.9 Å². The van der Waals surface area contributed by atoms with Gasteiger partial charge in [-0.25, -0.2) is 9.97 Å². The van der Waals surface area contributed by atoms with Crippen molar-refractivity contribution < 1.29 is 14.8 Å². The Kier molecular flexibility index (Phi) is 3.91. The third kappa shape index (κ3) is 3.37. The van der Waals surface area contributed by atoms with E-state index < -0.39 is 10.9 Å². The highest BCUT2D eigenvalue weighted by atomic mass is 16.6. The molecule has 0 radical (unpaired) electrons. The van der Waals surface area contributed by atoms with Gasteiger partial charge in [-0.3, -0.25) is 14.9 Å². The van der Waals surface area contributed by atoms with Crippen molar-refractivity contribution in [2.24, 2.45) is 0 Å². The van der Waals surface area contributed by atoms with Crippen LogP contribution in [-0.4, -0.2) is 38.6 Å². The molecule has 0 unspecified atom stereocenters. The number of carboxylic acids is 1. The molecule has 8 nitrogen and oxygen atoms in total. The second-order valence-electron chi connectivity index (χ2n) is 3.61. The fourth-order valence-corrected chi connectivity index (χ4v) is 1.19. The van der Waals surface area contributed by atoms with Gasteiger partial charge in [0.15, 0.2) is 0 Å². The first-order valence-electron chi connectivity index (χ1n) is 4.86. The Morgan fingerprint density at radius 1 is 1.53 bits per heavy atom. The fourth-order valence-electron chi connectivity index (χ4n) is 1.19. The lowest BCUT2D eigenvalue weighted by molar-refractivity contribution is -0.385. The molecule has 0 amide bonds. The number of anilines is 1. The number of carbonyl (C=O) groups is 1. The number of aromatic nitrogens is 2. The van der Waals surface area contributed by atoms with Crippen molar-refractivity contribution in [1.29, 1.82) is 0 Å². The Morgan fingerprint density at radius 3 is 2.41 bits per heavy atom. The van der Waals surface area contributed by atoms with Gasteiger partial charge in [0, 0.05) is 6.04 Å². The SMILES string of the molecule is CC(C)N(CC(=O)O)c1ncc([N+](=O)[O-])cn1. The normalized spacial score (nSPS) is 10.3. The van der Waals surface area contributed by atoms with Gasteiger partial charge >= 0.3 is 11.7 Å². The average molecular weight is 240 g/mol. The van der Waals surface area contributed by atoms with Crippen LogP contribution in [0, 0.1) is 10.1 Å². The van der Waals surface area contributed by atoms with E-state index in [0.717, 1.165) is 12.4 Å². The Balaban J connectivity index is 2.95. The molecule has 0 saturated heterocycles. The van der Waals surface area contributed by atoms with E-state index >= 15 is 0 Å². The maximum absolute atomic E-state index is 10.7. The highest BCUT2D eigenvalue weighted by Gasteiger charge is 2.17. The third-order valence-corrected chi connectivity index (χ3v) is 2.02. The van der Waals surface area contributed by atoms with Crippen LogP contribution in [0.4, 0.5) is 11.6 Å². The molecule has 17 heavy (non-hydrogen) atoms. The number of carboxylic acid groups (broad SMARTS) is 1. The van der Waals surface area contributed by atoms with Gasteiger partial charge < -0.3 is 10.0 Å². The first-order valence-corrected chi connectivity index (χ1v) is 4.86. The molecular formula is C9H12N4O4. The number of aliphatic carboxylic acids is 1. The highest BCUT2D eigenvalue weighted by molar-refractivity contribution is 5.72. The largest absolute Gasteiger partial charge is 0.480 e. The summed E-state index contributed by atoms with van der Waals surface area (Å²) in [5.74, 6) is -0.853. The molecule has 1 aromatic heterocycles. The molecular weight excluding hydrogens is 228 g/mol. The minimum absolute atomic E-state index is 0.118. The lowest BCUT2D eigenvalue weighted by Gasteiger charge is -2.24. The predicted octanol–water partition coefficient (Wildman–Crippen LogP) is 0.684. The lowest BCUT2D eigenvalue weighted by atomic mass is 10.3. The van der Waals surface area contributed by atoms with Crippen LogP contribution in [0.1, 0.15) is 13.8 Å². The van der Waals surface area contributed by atoms with Crippen molar-refractivity contribution in [1.82, 2.24) is 9.97 Å². The fraction of sp³-hybridized carbons (Fsp3) is 0.444. The number of hydrogen-bond donors (Lipinski definition) is 1. The molecule has 92 valence electrons. The summed E-state index contributed by atoms with van der Waals surface area (Å²) in [7, 11) is 0. The van der Waals surface area contributed by atoms with Crippen LogP contribution < -0.4 is 4.90 Å². The van der Waals surface area contributed by atoms with Crippen molar-refractivity contribution in [2.45, 2.75) is 19.9 Å². The molecule has 1 rings (SSSR count). The van der Waals surface area contributed by atoms with Gasteiger partial charge in [-0.15, -0.1) is 0 Å². The van der Waals surface area contributed by atoms with Crippen LogP contribution in [0.3, 0.4) is 0 Å². The first kappa shape index (κ1) is 12.8. The van der Waals surface area contributed by atoms with Gasteiger partial charge in [0.05, 0.1) is 4.92 Å². The van der Waals surface area contributed by atoms with Crippen molar-refractivity contribution in [3.8, 4) is 0 Å². The molecule has 1 aromatic rings. The molecule has 0 aliphatic heterocycles. The van der Waals surface area contributed by atoms with E-state index in [1.807, 2.05) is 0 Å². The Hall–Kier alpha value is -2.25. The summed E-state index contributed by atoms with van der Waals surface area (Å²) in [6, 6.07) is -0.118. The summed E-state index contributed by atoms with van der Waals surface area (Å²) in [4.78, 5) is 29.5. The molecule has 0 aromatic carbocycles. The van der Waals surface area contributed by atoms with Crippen molar-refractivity contribution in [3.63, 3.8) is 0 Å². The van der Waals surface area contributed by atoms with Crippen molar-refractivity contribution in [3.05, 3.63) is 22.5 Å². The molecule has 0 spiro atoms. The van der Waals surface area contributed by atoms with E-state index in [4.69, 9.17) is 5.11 Å². The molecule has 0 bridgehead atoms. The zero-order valence-electron chi connectivity index (χ0n) is 9.40. The lowest BCUT2D eigenvalue weighted by Crippen LogP contribution is -2.36. The van der Waals surface area contributed by atoms with Crippen LogP contribution in [0.5, 0.6) is 0 Å². The average Bonchev–Trinajstić information content (AvgIpc) is 2.25. The molecule has 8 heteroatoms. The summed E-state index contributed by atoms with van der Waals surface area (Å²) in [5, 5.41) is 19.1. The van der Waals surface area contributed by atoms with Crippen molar-refractivity contribution in [2.75, 3.05) is 11.4 Å². The molecule has 0 aliphatic rings. The Bertz CT molecular complexity index is 418. The first-order chi connectivity index (χ1) is 7.91. The maximum atomic E-state index is 10.7. The standard InChI is InChI=1S/C9H12N4O4/c1-6(2)12(5-8(14)15)9-10-3-7(4-11-9)13(16)17/h3-4,6H,5H2,1-2H3,(H,14,15). The molecule has 0 aliphatic carbocycles. The smallest absolute Gasteiger partial charge is 0.323 e. The third-order valence-electron chi connectivity index (χ3n) is 2.02. The van der Waals surface area contributed by atoms with E-state index in [0.29, 0.717) is 0 Å². The number of hydrogen-bond acceptors (Lipinski definition) is 6.